The van der Waals surface area contributed by atoms with Crippen LogP contribution in [0.4, 0.5) is 0 Å². The summed E-state index contributed by atoms with van der Waals surface area (Å²) in [5.41, 5.74) is 2.40. The molecule has 0 aliphatic carbocycles. The van der Waals surface area contributed by atoms with Gasteiger partial charge in [0.25, 0.3) is 0 Å². The molecule has 0 spiro atoms. The molecule has 3 heteroatoms. The molecule has 82 valence electrons. The minimum atomic E-state index is 0.822. The van der Waals surface area contributed by atoms with E-state index in [-0.39, 0.29) is 0 Å². The number of halogens is 1. The zero-order valence-electron chi connectivity index (χ0n) is 8.88. The number of allylic oxidation sites excluding steroid dienone is 1. The summed E-state index contributed by atoms with van der Waals surface area (Å²) in [6.45, 7) is 0.822. The van der Waals surface area contributed by atoms with Gasteiger partial charge in [-0.05, 0) is 5.56 Å². The lowest BCUT2D eigenvalue weighted by Gasteiger charge is -2.00. The number of aromatic nitrogens is 2. The average molecular weight is 277 g/mol. The first-order valence-corrected chi connectivity index (χ1v) is 6.29. The van der Waals surface area contributed by atoms with Crippen LogP contribution in [-0.4, -0.2) is 15.1 Å². The fourth-order valence-corrected chi connectivity index (χ4v) is 1.69. The molecule has 0 saturated heterocycles. The largest absolute Gasteiger partial charge is 0.268 e. The van der Waals surface area contributed by atoms with Gasteiger partial charge in [0.2, 0.25) is 0 Å². The minimum Gasteiger partial charge on any atom is -0.268 e. The maximum Gasteiger partial charge on any atom is 0.0659 e. The van der Waals surface area contributed by atoms with Gasteiger partial charge >= 0.3 is 0 Å². The SMILES string of the molecule is BrC/C=C/c1cnn(Cc2ccccc2)c1. The molecule has 2 rings (SSSR count). The van der Waals surface area contributed by atoms with Crippen molar-refractivity contribution >= 4 is 22.0 Å². The quantitative estimate of drug-likeness (QED) is 0.784. The van der Waals surface area contributed by atoms with E-state index < -0.39 is 0 Å². The Kier molecular flexibility index (Phi) is 3.94. The summed E-state index contributed by atoms with van der Waals surface area (Å²) in [5.74, 6) is 0. The molecule has 0 atom stereocenters. The molecule has 2 aromatic rings. The molecule has 0 fully saturated rings. The third kappa shape index (κ3) is 3.07. The van der Waals surface area contributed by atoms with Crippen LogP contribution in [-0.2, 0) is 6.54 Å². The van der Waals surface area contributed by atoms with Crippen LogP contribution in [0.15, 0.2) is 48.8 Å². The van der Waals surface area contributed by atoms with Crippen LogP contribution < -0.4 is 0 Å². The smallest absolute Gasteiger partial charge is 0.0659 e. The number of nitrogens with zero attached hydrogens (tertiary/aromatic N) is 2. The Hall–Kier alpha value is -1.35. The second-order valence-electron chi connectivity index (χ2n) is 3.51. The van der Waals surface area contributed by atoms with Crippen molar-refractivity contribution in [2.75, 3.05) is 5.33 Å². The minimum absolute atomic E-state index is 0.822. The zero-order chi connectivity index (χ0) is 11.2. The van der Waals surface area contributed by atoms with E-state index in [1.807, 2.05) is 35.3 Å². The van der Waals surface area contributed by atoms with Crippen LogP contribution in [0.3, 0.4) is 0 Å². The summed E-state index contributed by atoms with van der Waals surface area (Å²) in [5, 5.41) is 5.19. The summed E-state index contributed by atoms with van der Waals surface area (Å²) in [6.07, 6.45) is 8.04. The average Bonchev–Trinajstić information content (AvgIpc) is 2.75. The van der Waals surface area contributed by atoms with Crippen LogP contribution in [0.2, 0.25) is 0 Å². The Balaban J connectivity index is 2.06. The molecule has 0 unspecified atom stereocenters. The Morgan fingerprint density at radius 1 is 1.25 bits per heavy atom. The predicted molar refractivity (Wildman–Crippen MR) is 70.6 cm³/mol. The van der Waals surface area contributed by atoms with Gasteiger partial charge in [-0.3, -0.25) is 4.68 Å². The summed E-state index contributed by atoms with van der Waals surface area (Å²) in [4.78, 5) is 0. The fourth-order valence-electron chi connectivity index (χ4n) is 1.50. The third-order valence-electron chi connectivity index (χ3n) is 2.24. The molecule has 0 aliphatic rings. The number of alkyl halides is 1. The second kappa shape index (κ2) is 5.66. The Morgan fingerprint density at radius 3 is 2.81 bits per heavy atom. The third-order valence-corrected chi connectivity index (χ3v) is 2.61. The molecule has 0 radical (unpaired) electrons. The van der Waals surface area contributed by atoms with Gasteiger partial charge < -0.3 is 0 Å². The molecule has 16 heavy (non-hydrogen) atoms. The van der Waals surface area contributed by atoms with Gasteiger partial charge in [-0.15, -0.1) is 0 Å². The van der Waals surface area contributed by atoms with Crippen molar-refractivity contribution in [1.82, 2.24) is 9.78 Å². The molecule has 0 saturated carbocycles. The monoisotopic (exact) mass is 276 g/mol. The van der Waals surface area contributed by atoms with Crippen molar-refractivity contribution in [3.8, 4) is 0 Å². The van der Waals surface area contributed by atoms with Crippen molar-refractivity contribution < 1.29 is 0 Å². The molecular formula is C13H13BrN2. The molecule has 2 nitrogen and oxygen atoms in total. The van der Waals surface area contributed by atoms with Gasteiger partial charge in [0.1, 0.15) is 0 Å². The molecule has 1 heterocycles. The Morgan fingerprint density at radius 2 is 2.06 bits per heavy atom. The molecule has 0 N–H and O–H groups in total. The predicted octanol–water partition coefficient (Wildman–Crippen LogP) is 3.34. The van der Waals surface area contributed by atoms with E-state index in [4.69, 9.17) is 0 Å². The first-order chi connectivity index (χ1) is 7.88. The maximum absolute atomic E-state index is 4.31. The van der Waals surface area contributed by atoms with Gasteiger partial charge in [-0.1, -0.05) is 58.4 Å². The number of benzene rings is 1. The summed E-state index contributed by atoms with van der Waals surface area (Å²) < 4.78 is 1.95. The fraction of sp³-hybridized carbons (Fsp3) is 0.154. The highest BCUT2D eigenvalue weighted by Gasteiger charge is 1.96. The van der Waals surface area contributed by atoms with Crippen LogP contribution in [0.1, 0.15) is 11.1 Å². The Labute approximate surface area is 104 Å². The van der Waals surface area contributed by atoms with E-state index in [1.54, 1.807) is 0 Å². The van der Waals surface area contributed by atoms with Crippen molar-refractivity contribution in [2.45, 2.75) is 6.54 Å². The molecule has 0 aliphatic heterocycles. The van der Waals surface area contributed by atoms with E-state index in [2.05, 4.69) is 45.3 Å². The van der Waals surface area contributed by atoms with Crippen molar-refractivity contribution in [1.29, 1.82) is 0 Å². The standard InChI is InChI=1S/C13H13BrN2/c14-8-4-7-13-9-15-16(11-13)10-12-5-2-1-3-6-12/h1-7,9,11H,8,10H2/b7-4+. The first-order valence-electron chi connectivity index (χ1n) is 5.17. The van der Waals surface area contributed by atoms with Crippen molar-refractivity contribution in [3.05, 3.63) is 59.9 Å². The highest BCUT2D eigenvalue weighted by molar-refractivity contribution is 9.09. The zero-order valence-corrected chi connectivity index (χ0v) is 10.5. The molecule has 0 bridgehead atoms. The normalized spacial score (nSPS) is 11.1. The van der Waals surface area contributed by atoms with Crippen LogP contribution >= 0.6 is 15.9 Å². The van der Waals surface area contributed by atoms with E-state index in [0.29, 0.717) is 0 Å². The Bertz CT molecular complexity index is 460. The van der Waals surface area contributed by atoms with E-state index >= 15 is 0 Å². The van der Waals surface area contributed by atoms with E-state index in [1.165, 1.54) is 5.56 Å². The van der Waals surface area contributed by atoms with Crippen LogP contribution in [0.25, 0.3) is 6.08 Å². The van der Waals surface area contributed by atoms with Crippen molar-refractivity contribution in [3.63, 3.8) is 0 Å². The number of rotatable bonds is 4. The molecular weight excluding hydrogens is 264 g/mol. The molecule has 1 aromatic heterocycles. The maximum atomic E-state index is 4.31. The number of hydrogen-bond donors (Lipinski definition) is 0. The lowest BCUT2D eigenvalue weighted by molar-refractivity contribution is 0.687. The van der Waals surface area contributed by atoms with Gasteiger partial charge in [0.05, 0.1) is 12.7 Å². The number of hydrogen-bond acceptors (Lipinski definition) is 1. The second-order valence-corrected chi connectivity index (χ2v) is 4.16. The van der Waals surface area contributed by atoms with Gasteiger partial charge in [-0.2, -0.15) is 5.10 Å². The van der Waals surface area contributed by atoms with Crippen LogP contribution in [0, 0.1) is 0 Å². The summed E-state index contributed by atoms with van der Waals surface area (Å²) in [7, 11) is 0. The lowest BCUT2D eigenvalue weighted by atomic mass is 10.2. The highest BCUT2D eigenvalue weighted by atomic mass is 79.9. The molecule has 0 amide bonds. The van der Waals surface area contributed by atoms with Crippen LogP contribution in [0.5, 0.6) is 0 Å². The van der Waals surface area contributed by atoms with Crippen molar-refractivity contribution in [2.24, 2.45) is 0 Å². The summed E-state index contributed by atoms with van der Waals surface area (Å²) in [6, 6.07) is 10.3. The van der Waals surface area contributed by atoms with Gasteiger partial charge in [0, 0.05) is 17.1 Å². The van der Waals surface area contributed by atoms with Gasteiger partial charge in [-0.25, -0.2) is 0 Å². The van der Waals surface area contributed by atoms with Gasteiger partial charge in [0.15, 0.2) is 0 Å². The first kappa shape index (κ1) is 11.1. The molecule has 1 aromatic carbocycles. The topological polar surface area (TPSA) is 17.8 Å². The highest BCUT2D eigenvalue weighted by Crippen LogP contribution is 2.05. The summed E-state index contributed by atoms with van der Waals surface area (Å²) >= 11 is 3.35. The lowest BCUT2D eigenvalue weighted by Crippen LogP contribution is -1.99. The van der Waals surface area contributed by atoms with E-state index in [9.17, 15) is 0 Å². The van der Waals surface area contributed by atoms with E-state index in [0.717, 1.165) is 17.4 Å².